The van der Waals surface area contributed by atoms with Crippen molar-refractivity contribution < 1.29 is 0 Å². The first-order valence-electron chi connectivity index (χ1n) is 6.92. The summed E-state index contributed by atoms with van der Waals surface area (Å²) in [4.78, 5) is 25.4. The topological polar surface area (TPSA) is 34.1 Å². The van der Waals surface area contributed by atoms with Gasteiger partial charge in [0.25, 0.3) is 0 Å². The molecule has 0 amide bonds. The minimum atomic E-state index is 0.0159. The second kappa shape index (κ2) is 4.50. The van der Waals surface area contributed by atoms with Crippen LogP contribution in [0, 0.1) is 0 Å². The molecule has 0 saturated carbocycles. The SMILES string of the molecule is O=c1c2cc(Br)ccc2c2c1sc1c(=O)c3cc(Br)ccc3c12. The van der Waals surface area contributed by atoms with Gasteiger partial charge in [-0.05, 0) is 35.0 Å². The van der Waals surface area contributed by atoms with Gasteiger partial charge in [0.1, 0.15) is 0 Å². The molecule has 0 aliphatic heterocycles. The molecule has 0 bridgehead atoms. The van der Waals surface area contributed by atoms with Crippen molar-refractivity contribution in [2.75, 3.05) is 0 Å². The van der Waals surface area contributed by atoms with Gasteiger partial charge in [-0.15, -0.1) is 11.3 Å². The summed E-state index contributed by atoms with van der Waals surface area (Å²) in [5, 5.41) is 5.12. The third-order valence-corrected chi connectivity index (χ3v) is 6.49. The van der Waals surface area contributed by atoms with E-state index in [1.165, 1.54) is 11.3 Å². The van der Waals surface area contributed by atoms with Gasteiger partial charge in [0.15, 0.2) is 0 Å². The summed E-state index contributed by atoms with van der Waals surface area (Å²) in [5.41, 5.74) is 0.0318. The van der Waals surface area contributed by atoms with Crippen molar-refractivity contribution >= 4 is 84.9 Å². The van der Waals surface area contributed by atoms with Crippen LogP contribution in [0.3, 0.4) is 0 Å². The third kappa shape index (κ3) is 1.67. The molecule has 5 rings (SSSR count). The van der Waals surface area contributed by atoms with Crippen LogP contribution < -0.4 is 10.9 Å². The molecule has 110 valence electrons. The molecule has 5 aromatic rings. The van der Waals surface area contributed by atoms with Crippen LogP contribution >= 0.6 is 43.2 Å². The van der Waals surface area contributed by atoms with E-state index in [0.29, 0.717) is 20.2 Å². The lowest BCUT2D eigenvalue weighted by atomic mass is 10.1. The highest BCUT2D eigenvalue weighted by Crippen LogP contribution is 2.41. The van der Waals surface area contributed by atoms with E-state index in [0.717, 1.165) is 30.5 Å². The zero-order chi connectivity index (χ0) is 15.9. The average Bonchev–Trinajstić information content (AvgIpc) is 3.11. The van der Waals surface area contributed by atoms with Gasteiger partial charge in [0.2, 0.25) is 10.9 Å². The second-order valence-electron chi connectivity index (χ2n) is 5.55. The normalized spacial score (nSPS) is 12.3. The Morgan fingerprint density at radius 1 is 0.652 bits per heavy atom. The van der Waals surface area contributed by atoms with Gasteiger partial charge >= 0.3 is 0 Å². The molecule has 0 saturated heterocycles. The first kappa shape index (κ1) is 13.8. The average molecular weight is 446 g/mol. The Morgan fingerprint density at radius 2 is 1.09 bits per heavy atom. The maximum atomic E-state index is 12.7. The number of benzene rings is 2. The first-order chi connectivity index (χ1) is 11.1. The van der Waals surface area contributed by atoms with Crippen LogP contribution in [0.2, 0.25) is 0 Å². The number of hydrogen-bond donors (Lipinski definition) is 0. The van der Waals surface area contributed by atoms with E-state index >= 15 is 0 Å². The molecule has 0 N–H and O–H groups in total. The van der Waals surface area contributed by atoms with Gasteiger partial charge in [-0.1, -0.05) is 44.0 Å². The van der Waals surface area contributed by atoms with E-state index in [9.17, 15) is 9.59 Å². The number of rotatable bonds is 0. The molecule has 2 nitrogen and oxygen atoms in total. The van der Waals surface area contributed by atoms with Crippen molar-refractivity contribution in [3.05, 3.63) is 65.8 Å². The monoisotopic (exact) mass is 444 g/mol. The predicted octanol–water partition coefficient (Wildman–Crippen LogP) is 5.48. The highest BCUT2D eigenvalue weighted by Gasteiger charge is 2.21. The highest BCUT2D eigenvalue weighted by molar-refractivity contribution is 9.10. The number of hydrogen-bond acceptors (Lipinski definition) is 3. The third-order valence-electron chi connectivity index (χ3n) is 4.31. The van der Waals surface area contributed by atoms with Gasteiger partial charge in [-0.25, -0.2) is 0 Å². The molecule has 1 heterocycles. The fraction of sp³-hybridized carbons (Fsp3) is 0. The molecule has 23 heavy (non-hydrogen) atoms. The van der Waals surface area contributed by atoms with E-state index in [2.05, 4.69) is 31.9 Å². The summed E-state index contributed by atoms with van der Waals surface area (Å²) in [6.07, 6.45) is 0. The number of thiophene rings is 1. The van der Waals surface area contributed by atoms with Crippen LogP contribution in [0.15, 0.2) is 54.9 Å². The number of fused-ring (bicyclic) bond motifs is 7. The van der Waals surface area contributed by atoms with E-state index in [-0.39, 0.29) is 10.9 Å². The maximum Gasteiger partial charge on any atom is 0.204 e. The van der Waals surface area contributed by atoms with Crippen LogP contribution in [-0.2, 0) is 0 Å². The van der Waals surface area contributed by atoms with Crippen LogP contribution in [0.4, 0.5) is 0 Å². The smallest absolute Gasteiger partial charge is 0.204 e. The lowest BCUT2D eigenvalue weighted by Crippen LogP contribution is -1.93. The van der Waals surface area contributed by atoms with E-state index < -0.39 is 0 Å². The zero-order valence-electron chi connectivity index (χ0n) is 11.4. The molecular formula is C18H6Br2O2S. The van der Waals surface area contributed by atoms with Crippen molar-refractivity contribution in [3.63, 3.8) is 0 Å². The molecule has 0 fully saturated rings. The molecule has 5 heteroatoms. The molecule has 0 aliphatic rings. The molecule has 1 aromatic heterocycles. The molecule has 0 aliphatic carbocycles. The van der Waals surface area contributed by atoms with Crippen LogP contribution in [-0.4, -0.2) is 0 Å². The number of halogens is 2. The minimum Gasteiger partial charge on any atom is -0.288 e. The largest absolute Gasteiger partial charge is 0.288 e. The molecule has 0 atom stereocenters. The van der Waals surface area contributed by atoms with Gasteiger partial charge in [0, 0.05) is 30.5 Å². The molecule has 4 aromatic carbocycles. The molecule has 0 spiro atoms. The van der Waals surface area contributed by atoms with Gasteiger partial charge in [0.05, 0.1) is 9.40 Å². The van der Waals surface area contributed by atoms with Crippen LogP contribution in [0.1, 0.15) is 0 Å². The summed E-state index contributed by atoms with van der Waals surface area (Å²) < 4.78 is 3.14. The molecular weight excluding hydrogens is 440 g/mol. The van der Waals surface area contributed by atoms with Gasteiger partial charge < -0.3 is 0 Å². The standard InChI is InChI=1S/C18H6Br2O2S/c19-7-1-3-9-11(5-7)15(21)17-13(9)14-10-4-2-8(20)6-12(10)16(22)18(14)23-17/h1-6H. The van der Waals surface area contributed by atoms with Gasteiger partial charge in [-0.2, -0.15) is 0 Å². The Kier molecular flexibility index (Phi) is 2.71. The van der Waals surface area contributed by atoms with Crippen LogP contribution in [0.5, 0.6) is 0 Å². The fourth-order valence-corrected chi connectivity index (χ4v) is 5.31. The Labute approximate surface area is 150 Å². The second-order valence-corrected chi connectivity index (χ2v) is 8.40. The predicted molar refractivity (Wildman–Crippen MR) is 105 cm³/mol. The first-order valence-corrected chi connectivity index (χ1v) is 9.32. The summed E-state index contributed by atoms with van der Waals surface area (Å²) in [7, 11) is 0. The quantitative estimate of drug-likeness (QED) is 0.316. The Balaban J connectivity index is 2.17. The summed E-state index contributed by atoms with van der Waals surface area (Å²) in [6.45, 7) is 0. The van der Waals surface area contributed by atoms with Crippen LogP contribution in [0.25, 0.3) is 41.7 Å². The minimum absolute atomic E-state index is 0.0159. The van der Waals surface area contributed by atoms with E-state index in [1.54, 1.807) is 0 Å². The van der Waals surface area contributed by atoms with Crippen molar-refractivity contribution in [3.8, 4) is 0 Å². The Morgan fingerprint density at radius 3 is 1.52 bits per heavy atom. The lowest BCUT2D eigenvalue weighted by molar-refractivity contribution is 1.74. The Hall–Kier alpha value is -1.56. The fourth-order valence-electron chi connectivity index (χ4n) is 3.35. The van der Waals surface area contributed by atoms with Gasteiger partial charge in [-0.3, -0.25) is 9.59 Å². The van der Waals surface area contributed by atoms with E-state index in [4.69, 9.17) is 0 Å². The van der Waals surface area contributed by atoms with Crippen molar-refractivity contribution in [2.24, 2.45) is 0 Å². The lowest BCUT2D eigenvalue weighted by Gasteiger charge is -1.94. The van der Waals surface area contributed by atoms with Crippen molar-refractivity contribution in [2.45, 2.75) is 0 Å². The highest BCUT2D eigenvalue weighted by atomic mass is 79.9. The summed E-state index contributed by atoms with van der Waals surface area (Å²) >= 11 is 8.17. The molecule has 0 radical (unpaired) electrons. The zero-order valence-corrected chi connectivity index (χ0v) is 15.4. The summed E-state index contributed by atoms with van der Waals surface area (Å²) in [6, 6.07) is 11.5. The van der Waals surface area contributed by atoms with E-state index in [1.807, 2.05) is 36.4 Å². The maximum absolute atomic E-state index is 12.7. The van der Waals surface area contributed by atoms with Crippen molar-refractivity contribution in [1.29, 1.82) is 0 Å². The van der Waals surface area contributed by atoms with Crippen molar-refractivity contribution in [1.82, 2.24) is 0 Å². The Bertz CT molecular complexity index is 1270. The molecule has 0 unspecified atom stereocenters. The summed E-state index contributed by atoms with van der Waals surface area (Å²) in [5.74, 6) is 0.